The molecule has 0 aliphatic carbocycles. The van der Waals surface area contributed by atoms with Gasteiger partial charge in [0.1, 0.15) is 5.75 Å². The second kappa shape index (κ2) is 7.75. The molecule has 0 saturated carbocycles. The van der Waals surface area contributed by atoms with Gasteiger partial charge in [-0.2, -0.15) is 5.10 Å². The zero-order chi connectivity index (χ0) is 20.5. The summed E-state index contributed by atoms with van der Waals surface area (Å²) in [6, 6.07) is 24.7. The molecule has 0 fully saturated rings. The minimum absolute atomic E-state index is 0.132. The molecule has 3 aromatic rings. The molecule has 0 saturated heterocycles. The smallest absolute Gasteiger partial charge is 0.214 e. The standard InChI is InChI=1S/C25H24N2O3/c1-3-29-23-14-13-18(15-24(23)28-2)25-27-21(19-11-7-8-12-22(19)30-25)16-20(26-27)17-9-5-4-6-10-17/h4-15,21,25H,3,16H2,1-2H3. The Labute approximate surface area is 176 Å². The van der Waals surface area contributed by atoms with Crippen LogP contribution in [-0.4, -0.2) is 24.4 Å². The second-order valence-electron chi connectivity index (χ2n) is 7.36. The Morgan fingerprint density at radius 3 is 2.60 bits per heavy atom. The number of fused-ring (bicyclic) bond motifs is 3. The maximum absolute atomic E-state index is 6.44. The fourth-order valence-electron chi connectivity index (χ4n) is 4.17. The summed E-state index contributed by atoms with van der Waals surface area (Å²) in [5, 5.41) is 7.09. The van der Waals surface area contributed by atoms with E-state index >= 15 is 0 Å². The summed E-state index contributed by atoms with van der Waals surface area (Å²) in [7, 11) is 1.66. The Balaban J connectivity index is 1.57. The lowest BCUT2D eigenvalue weighted by Crippen LogP contribution is -2.33. The van der Waals surface area contributed by atoms with Crippen LogP contribution in [0, 0.1) is 0 Å². The van der Waals surface area contributed by atoms with Crippen LogP contribution in [0.2, 0.25) is 0 Å². The molecule has 5 rings (SSSR count). The van der Waals surface area contributed by atoms with Gasteiger partial charge in [0.2, 0.25) is 6.23 Å². The molecule has 2 heterocycles. The fourth-order valence-corrected chi connectivity index (χ4v) is 4.17. The first-order chi connectivity index (χ1) is 14.8. The maximum atomic E-state index is 6.44. The van der Waals surface area contributed by atoms with Crippen molar-refractivity contribution in [2.75, 3.05) is 13.7 Å². The molecular formula is C25H24N2O3. The molecule has 2 aliphatic rings. The first kappa shape index (κ1) is 18.6. The number of hydrogen-bond acceptors (Lipinski definition) is 5. The van der Waals surface area contributed by atoms with Crippen LogP contribution in [0.5, 0.6) is 17.2 Å². The summed E-state index contributed by atoms with van der Waals surface area (Å²) in [6.07, 6.45) is 0.505. The van der Waals surface area contributed by atoms with Crippen molar-refractivity contribution in [2.45, 2.75) is 25.6 Å². The van der Waals surface area contributed by atoms with Crippen molar-refractivity contribution in [2.24, 2.45) is 5.10 Å². The molecular weight excluding hydrogens is 376 g/mol. The number of hydrogen-bond donors (Lipinski definition) is 0. The van der Waals surface area contributed by atoms with E-state index in [4.69, 9.17) is 19.3 Å². The first-order valence-corrected chi connectivity index (χ1v) is 10.3. The van der Waals surface area contributed by atoms with E-state index in [-0.39, 0.29) is 12.3 Å². The largest absolute Gasteiger partial charge is 0.493 e. The topological polar surface area (TPSA) is 43.3 Å². The second-order valence-corrected chi connectivity index (χ2v) is 7.36. The predicted molar refractivity (Wildman–Crippen MR) is 116 cm³/mol. The molecule has 2 aliphatic heterocycles. The monoisotopic (exact) mass is 400 g/mol. The zero-order valence-electron chi connectivity index (χ0n) is 17.1. The lowest BCUT2D eigenvalue weighted by Gasteiger charge is -2.38. The van der Waals surface area contributed by atoms with Gasteiger partial charge >= 0.3 is 0 Å². The van der Waals surface area contributed by atoms with Gasteiger partial charge in [0.05, 0.1) is 25.5 Å². The van der Waals surface area contributed by atoms with Gasteiger partial charge in [0, 0.05) is 17.5 Å². The van der Waals surface area contributed by atoms with Crippen LogP contribution in [0.3, 0.4) is 0 Å². The highest BCUT2D eigenvalue weighted by Crippen LogP contribution is 2.48. The van der Waals surface area contributed by atoms with Crippen LogP contribution < -0.4 is 14.2 Å². The molecule has 0 radical (unpaired) electrons. The van der Waals surface area contributed by atoms with Crippen molar-refractivity contribution in [3.05, 3.63) is 89.5 Å². The van der Waals surface area contributed by atoms with E-state index < -0.39 is 0 Å². The molecule has 0 aromatic heterocycles. The normalized spacial score (nSPS) is 19.4. The highest BCUT2D eigenvalue weighted by molar-refractivity contribution is 6.01. The van der Waals surface area contributed by atoms with Crippen LogP contribution in [0.4, 0.5) is 0 Å². The summed E-state index contributed by atoms with van der Waals surface area (Å²) in [5.41, 5.74) is 4.37. The number of benzene rings is 3. The minimum atomic E-state index is -0.337. The Hall–Kier alpha value is -3.47. The minimum Gasteiger partial charge on any atom is -0.493 e. The molecule has 5 nitrogen and oxygen atoms in total. The number of methoxy groups -OCH3 is 1. The van der Waals surface area contributed by atoms with Gasteiger partial charge in [-0.15, -0.1) is 0 Å². The SMILES string of the molecule is CCOc1ccc(C2Oc3ccccc3C3CC(c4ccccc4)=NN32)cc1OC. The van der Waals surface area contributed by atoms with Crippen LogP contribution in [0.25, 0.3) is 0 Å². The van der Waals surface area contributed by atoms with Gasteiger partial charge < -0.3 is 14.2 Å². The van der Waals surface area contributed by atoms with Gasteiger partial charge in [-0.3, -0.25) is 0 Å². The van der Waals surface area contributed by atoms with Gasteiger partial charge in [0.25, 0.3) is 0 Å². The van der Waals surface area contributed by atoms with Crippen molar-refractivity contribution in [3.8, 4) is 17.2 Å². The Morgan fingerprint density at radius 2 is 1.80 bits per heavy atom. The average molecular weight is 400 g/mol. The Bertz CT molecular complexity index is 1080. The van der Waals surface area contributed by atoms with Gasteiger partial charge in [0.15, 0.2) is 11.5 Å². The fraction of sp³-hybridized carbons (Fsp3) is 0.240. The van der Waals surface area contributed by atoms with Gasteiger partial charge in [-0.25, -0.2) is 5.01 Å². The molecule has 0 amide bonds. The number of ether oxygens (including phenoxy) is 3. The van der Waals surface area contributed by atoms with Crippen LogP contribution in [-0.2, 0) is 0 Å². The van der Waals surface area contributed by atoms with Crippen molar-refractivity contribution in [1.29, 1.82) is 0 Å². The van der Waals surface area contributed by atoms with Crippen molar-refractivity contribution < 1.29 is 14.2 Å². The summed E-state index contributed by atoms with van der Waals surface area (Å²) in [4.78, 5) is 0. The summed E-state index contributed by atoms with van der Waals surface area (Å²) < 4.78 is 17.7. The molecule has 2 atom stereocenters. The number of para-hydroxylation sites is 1. The molecule has 152 valence electrons. The van der Waals surface area contributed by atoms with E-state index in [1.54, 1.807) is 7.11 Å². The van der Waals surface area contributed by atoms with Crippen molar-refractivity contribution >= 4 is 5.71 Å². The van der Waals surface area contributed by atoms with E-state index in [1.807, 2.05) is 43.3 Å². The van der Waals surface area contributed by atoms with E-state index in [1.165, 1.54) is 5.56 Å². The summed E-state index contributed by atoms with van der Waals surface area (Å²) >= 11 is 0. The molecule has 5 heteroatoms. The van der Waals surface area contributed by atoms with Crippen molar-refractivity contribution in [1.82, 2.24) is 5.01 Å². The van der Waals surface area contributed by atoms with E-state index in [0.29, 0.717) is 12.4 Å². The molecule has 0 spiro atoms. The summed E-state index contributed by atoms with van der Waals surface area (Å²) in [5.74, 6) is 2.33. The highest BCUT2D eigenvalue weighted by Gasteiger charge is 2.41. The molecule has 3 aromatic carbocycles. The van der Waals surface area contributed by atoms with Crippen LogP contribution in [0.15, 0.2) is 77.9 Å². The molecule has 30 heavy (non-hydrogen) atoms. The molecule has 0 bridgehead atoms. The number of hydrazone groups is 1. The highest BCUT2D eigenvalue weighted by atomic mass is 16.5. The van der Waals surface area contributed by atoms with E-state index in [2.05, 4.69) is 41.4 Å². The van der Waals surface area contributed by atoms with Gasteiger partial charge in [-0.1, -0.05) is 48.5 Å². The third-order valence-corrected chi connectivity index (χ3v) is 5.58. The lowest BCUT2D eigenvalue weighted by atomic mass is 9.96. The van der Waals surface area contributed by atoms with E-state index in [9.17, 15) is 0 Å². The van der Waals surface area contributed by atoms with E-state index in [0.717, 1.165) is 34.8 Å². The van der Waals surface area contributed by atoms with Crippen LogP contribution in [0.1, 0.15) is 42.3 Å². The third kappa shape index (κ3) is 3.16. The van der Waals surface area contributed by atoms with Crippen molar-refractivity contribution in [3.63, 3.8) is 0 Å². The predicted octanol–water partition coefficient (Wildman–Crippen LogP) is 5.34. The first-order valence-electron chi connectivity index (χ1n) is 10.3. The Kier molecular flexibility index (Phi) is 4.79. The molecule has 2 unspecified atom stereocenters. The summed E-state index contributed by atoms with van der Waals surface area (Å²) in [6.45, 7) is 2.55. The quantitative estimate of drug-likeness (QED) is 0.580. The lowest BCUT2D eigenvalue weighted by molar-refractivity contribution is -0.0191. The molecule has 0 N–H and O–H groups in total. The maximum Gasteiger partial charge on any atom is 0.214 e. The third-order valence-electron chi connectivity index (χ3n) is 5.58. The zero-order valence-corrected chi connectivity index (χ0v) is 17.1. The Morgan fingerprint density at radius 1 is 1.00 bits per heavy atom. The number of nitrogens with zero attached hydrogens (tertiary/aromatic N) is 2. The average Bonchev–Trinajstić information content (AvgIpc) is 3.25. The number of rotatable bonds is 5. The van der Waals surface area contributed by atoms with Crippen LogP contribution >= 0.6 is 0 Å². The van der Waals surface area contributed by atoms with Gasteiger partial charge in [-0.05, 0) is 36.8 Å².